The molecule has 1 heterocycles. The van der Waals surface area contributed by atoms with Crippen molar-refractivity contribution >= 4 is 49.5 Å². The molecule has 4 aromatic carbocycles. The molecule has 5 nitrogen and oxygen atoms in total. The number of esters is 1. The number of nitrogens with zero attached hydrogens (tertiary/aromatic N) is 1. The third kappa shape index (κ3) is 5.81. The lowest BCUT2D eigenvalue weighted by Crippen LogP contribution is -2.08. The normalized spacial score (nSPS) is 11.6. The molecular formula is C31H28N2O3S. The van der Waals surface area contributed by atoms with Crippen molar-refractivity contribution in [2.24, 2.45) is 0 Å². The van der Waals surface area contributed by atoms with Gasteiger partial charge in [-0.1, -0.05) is 78.1 Å². The molecule has 0 spiro atoms. The second-order valence-corrected chi connectivity index (χ2v) is 9.82. The van der Waals surface area contributed by atoms with Crippen molar-refractivity contribution < 1.29 is 14.3 Å². The van der Waals surface area contributed by atoms with Crippen LogP contribution in [0.15, 0.2) is 90.5 Å². The van der Waals surface area contributed by atoms with Crippen LogP contribution >= 0.6 is 11.3 Å². The van der Waals surface area contributed by atoms with Gasteiger partial charge in [0.2, 0.25) is 0 Å². The Labute approximate surface area is 220 Å². The van der Waals surface area contributed by atoms with Crippen LogP contribution in [0.2, 0.25) is 0 Å². The molecular weight excluding hydrogens is 480 g/mol. The van der Waals surface area contributed by atoms with Gasteiger partial charge < -0.3 is 14.8 Å². The summed E-state index contributed by atoms with van der Waals surface area (Å²) in [6, 6.07) is 28.0. The summed E-state index contributed by atoms with van der Waals surface area (Å²) in [5.74, 6) is 0.543. The van der Waals surface area contributed by atoms with E-state index in [2.05, 4.69) is 54.7 Å². The lowest BCUT2D eigenvalue weighted by atomic mass is 10.1. The van der Waals surface area contributed by atoms with Crippen LogP contribution in [-0.2, 0) is 4.74 Å². The minimum Gasteiger partial charge on any atom is -0.493 e. The average Bonchev–Trinajstić information content (AvgIpc) is 3.36. The van der Waals surface area contributed by atoms with Crippen molar-refractivity contribution in [3.05, 3.63) is 107 Å². The Kier molecular flexibility index (Phi) is 7.47. The number of anilines is 1. The number of carbonyl (C=O) groups excluding carboxylic acids is 1. The molecule has 0 radical (unpaired) electrons. The molecule has 0 saturated heterocycles. The van der Waals surface area contributed by atoms with Gasteiger partial charge in [-0.05, 0) is 53.3 Å². The van der Waals surface area contributed by atoms with E-state index in [1.807, 2.05) is 36.4 Å². The van der Waals surface area contributed by atoms with Crippen LogP contribution in [0.4, 0.5) is 5.13 Å². The highest BCUT2D eigenvalue weighted by Crippen LogP contribution is 2.29. The number of para-hydroxylation sites is 1. The standard InChI is InChI=1S/C31H28N2O3S/c1-21-7-5-12-28-29(21)33-31(37-28)32-20-23(19-22-13-15-25(16-14-22)30(34)35-2)17-18-36-27-11-6-9-24-8-3-4-10-26(24)27/h3-16,19H,17-18,20H2,1-2H3,(H,32,33). The molecule has 0 unspecified atom stereocenters. The maximum atomic E-state index is 11.8. The molecule has 0 aliphatic heterocycles. The Hall–Kier alpha value is -4.16. The molecule has 0 atom stereocenters. The first-order valence-corrected chi connectivity index (χ1v) is 13.0. The van der Waals surface area contributed by atoms with Gasteiger partial charge in [-0.3, -0.25) is 0 Å². The summed E-state index contributed by atoms with van der Waals surface area (Å²) in [6.07, 6.45) is 2.87. The van der Waals surface area contributed by atoms with E-state index in [9.17, 15) is 4.79 Å². The minimum atomic E-state index is -0.341. The molecule has 1 N–H and O–H groups in total. The molecule has 186 valence electrons. The Morgan fingerprint density at radius 1 is 0.973 bits per heavy atom. The van der Waals surface area contributed by atoms with E-state index in [-0.39, 0.29) is 5.97 Å². The van der Waals surface area contributed by atoms with Gasteiger partial charge in [0.25, 0.3) is 0 Å². The Balaban J connectivity index is 1.33. The van der Waals surface area contributed by atoms with Crippen LogP contribution in [0, 0.1) is 6.92 Å². The quantitative estimate of drug-likeness (QED) is 0.209. The van der Waals surface area contributed by atoms with Crippen LogP contribution in [0.3, 0.4) is 0 Å². The van der Waals surface area contributed by atoms with Crippen LogP contribution in [0.1, 0.15) is 27.9 Å². The zero-order valence-corrected chi connectivity index (χ0v) is 21.7. The number of hydrogen-bond donors (Lipinski definition) is 1. The van der Waals surface area contributed by atoms with Crippen molar-refractivity contribution in [3.63, 3.8) is 0 Å². The second-order valence-electron chi connectivity index (χ2n) is 8.79. The summed E-state index contributed by atoms with van der Waals surface area (Å²) in [4.78, 5) is 16.6. The highest BCUT2D eigenvalue weighted by atomic mass is 32.1. The second kappa shape index (κ2) is 11.3. The van der Waals surface area contributed by atoms with Crippen LogP contribution < -0.4 is 10.1 Å². The summed E-state index contributed by atoms with van der Waals surface area (Å²) < 4.78 is 12.2. The highest BCUT2D eigenvalue weighted by Gasteiger charge is 2.09. The first-order valence-electron chi connectivity index (χ1n) is 12.2. The number of methoxy groups -OCH3 is 1. The van der Waals surface area contributed by atoms with Gasteiger partial charge in [0, 0.05) is 18.4 Å². The lowest BCUT2D eigenvalue weighted by Gasteiger charge is -2.12. The zero-order chi connectivity index (χ0) is 25.6. The third-order valence-corrected chi connectivity index (χ3v) is 7.20. The number of hydrogen-bond acceptors (Lipinski definition) is 6. The summed E-state index contributed by atoms with van der Waals surface area (Å²) in [6.45, 7) is 3.26. The molecule has 0 saturated carbocycles. The maximum Gasteiger partial charge on any atom is 0.337 e. The van der Waals surface area contributed by atoms with Crippen molar-refractivity contribution in [2.45, 2.75) is 13.3 Å². The number of thiazole rings is 1. The molecule has 1 aromatic heterocycles. The number of carbonyl (C=O) groups is 1. The van der Waals surface area contributed by atoms with E-state index in [1.165, 1.54) is 22.9 Å². The lowest BCUT2D eigenvalue weighted by molar-refractivity contribution is 0.0600. The fourth-order valence-electron chi connectivity index (χ4n) is 4.25. The number of fused-ring (bicyclic) bond motifs is 2. The third-order valence-electron chi connectivity index (χ3n) is 6.22. The molecule has 0 aliphatic carbocycles. The van der Waals surface area contributed by atoms with Gasteiger partial charge in [-0.15, -0.1) is 0 Å². The Morgan fingerprint density at radius 2 is 1.76 bits per heavy atom. The van der Waals surface area contributed by atoms with Gasteiger partial charge in [0.15, 0.2) is 5.13 Å². The molecule has 0 aliphatic rings. The zero-order valence-electron chi connectivity index (χ0n) is 20.9. The largest absolute Gasteiger partial charge is 0.493 e. The van der Waals surface area contributed by atoms with E-state index in [0.29, 0.717) is 18.7 Å². The van der Waals surface area contributed by atoms with Crippen molar-refractivity contribution in [3.8, 4) is 5.75 Å². The minimum absolute atomic E-state index is 0.341. The van der Waals surface area contributed by atoms with Crippen molar-refractivity contribution in [2.75, 3.05) is 25.6 Å². The maximum absolute atomic E-state index is 11.8. The summed E-state index contributed by atoms with van der Waals surface area (Å²) >= 11 is 1.66. The number of aromatic nitrogens is 1. The highest BCUT2D eigenvalue weighted by molar-refractivity contribution is 7.22. The van der Waals surface area contributed by atoms with E-state index in [1.54, 1.807) is 23.5 Å². The van der Waals surface area contributed by atoms with E-state index in [0.717, 1.165) is 39.2 Å². The molecule has 0 bridgehead atoms. The summed E-state index contributed by atoms with van der Waals surface area (Å²) in [5, 5.41) is 6.67. The number of benzene rings is 4. The number of rotatable bonds is 9. The van der Waals surface area contributed by atoms with Gasteiger partial charge in [0.1, 0.15) is 5.75 Å². The summed E-state index contributed by atoms with van der Waals surface area (Å²) in [5.41, 5.74) is 4.92. The fourth-order valence-corrected chi connectivity index (χ4v) is 5.18. The first-order chi connectivity index (χ1) is 18.1. The number of nitrogens with one attached hydrogen (secondary N) is 1. The number of aryl methyl sites for hydroxylation is 1. The van der Waals surface area contributed by atoms with E-state index >= 15 is 0 Å². The summed E-state index contributed by atoms with van der Waals surface area (Å²) in [7, 11) is 1.39. The molecule has 6 heteroatoms. The van der Waals surface area contributed by atoms with E-state index < -0.39 is 0 Å². The molecule has 5 aromatic rings. The smallest absolute Gasteiger partial charge is 0.337 e. The number of ether oxygens (including phenoxy) is 2. The molecule has 0 amide bonds. The first kappa shape index (κ1) is 24.5. The van der Waals surface area contributed by atoms with E-state index in [4.69, 9.17) is 14.5 Å². The molecule has 37 heavy (non-hydrogen) atoms. The van der Waals surface area contributed by atoms with Gasteiger partial charge >= 0.3 is 5.97 Å². The fraction of sp³-hybridized carbons (Fsp3) is 0.161. The van der Waals surface area contributed by atoms with Gasteiger partial charge in [-0.2, -0.15) is 0 Å². The molecule has 0 fully saturated rings. The topological polar surface area (TPSA) is 60.5 Å². The SMILES string of the molecule is COC(=O)c1ccc(C=C(CCOc2cccc3ccccc23)CNc2nc3c(C)cccc3s2)cc1. The predicted octanol–water partition coefficient (Wildman–Crippen LogP) is 7.51. The Morgan fingerprint density at radius 3 is 2.57 bits per heavy atom. The van der Waals surface area contributed by atoms with Gasteiger partial charge in [-0.25, -0.2) is 9.78 Å². The van der Waals surface area contributed by atoms with Crippen molar-refractivity contribution in [1.29, 1.82) is 0 Å². The van der Waals surface area contributed by atoms with Crippen LogP contribution in [0.5, 0.6) is 5.75 Å². The van der Waals surface area contributed by atoms with Crippen LogP contribution in [0.25, 0.3) is 27.1 Å². The molecule has 5 rings (SSSR count). The average molecular weight is 509 g/mol. The predicted molar refractivity (Wildman–Crippen MR) is 153 cm³/mol. The van der Waals surface area contributed by atoms with Gasteiger partial charge in [0.05, 0.1) is 29.5 Å². The van der Waals surface area contributed by atoms with Crippen LogP contribution in [-0.4, -0.2) is 31.2 Å². The monoisotopic (exact) mass is 508 g/mol. The Bertz CT molecular complexity index is 1570. The van der Waals surface area contributed by atoms with Crippen molar-refractivity contribution in [1.82, 2.24) is 4.98 Å².